The summed E-state index contributed by atoms with van der Waals surface area (Å²) in [5.74, 6) is 0.813. The van der Waals surface area contributed by atoms with Gasteiger partial charge in [0.05, 0.1) is 0 Å². The molecule has 0 saturated carbocycles. The van der Waals surface area contributed by atoms with Gasteiger partial charge in [-0.25, -0.2) is 0 Å². The molecule has 0 aromatic heterocycles. The minimum Gasteiger partial charge on any atom is -0.0654 e. The summed E-state index contributed by atoms with van der Waals surface area (Å²) in [6.45, 7) is 6.89. The van der Waals surface area contributed by atoms with Gasteiger partial charge in [-0.1, -0.05) is 69.8 Å². The minimum absolute atomic E-state index is 0.813. The maximum Gasteiger partial charge on any atom is 0.00132 e. The first-order chi connectivity index (χ1) is 8.33. The van der Waals surface area contributed by atoms with Gasteiger partial charge in [0.2, 0.25) is 0 Å². The van der Waals surface area contributed by atoms with Gasteiger partial charge < -0.3 is 0 Å². The first-order valence-corrected chi connectivity index (χ1v) is 7.72. The molecule has 0 aromatic carbocycles. The molecular formula is C17H30. The van der Waals surface area contributed by atoms with Gasteiger partial charge in [0.1, 0.15) is 0 Å². The van der Waals surface area contributed by atoms with Crippen molar-refractivity contribution in [2.75, 3.05) is 0 Å². The van der Waals surface area contributed by atoms with E-state index in [4.69, 9.17) is 0 Å². The van der Waals surface area contributed by atoms with E-state index < -0.39 is 0 Å². The summed E-state index contributed by atoms with van der Waals surface area (Å²) in [5.41, 5.74) is 3.46. The molecule has 0 atom stereocenters. The lowest BCUT2D eigenvalue weighted by Gasteiger charge is -2.19. The molecule has 0 N–H and O–H groups in total. The molecule has 0 heterocycles. The monoisotopic (exact) mass is 234 g/mol. The Morgan fingerprint density at radius 1 is 0.765 bits per heavy atom. The zero-order chi connectivity index (χ0) is 12.5. The van der Waals surface area contributed by atoms with Crippen molar-refractivity contribution in [2.45, 2.75) is 78.6 Å². The normalized spacial score (nSPS) is 16.2. The predicted octanol–water partition coefficient (Wildman–Crippen LogP) is 6.04. The lowest BCUT2D eigenvalue weighted by Crippen LogP contribution is -2.05. The Hall–Kier alpha value is -0.520. The van der Waals surface area contributed by atoms with E-state index >= 15 is 0 Å². The largest absolute Gasteiger partial charge is 0.0654 e. The van der Waals surface area contributed by atoms with Gasteiger partial charge in [-0.2, -0.15) is 0 Å². The third-order valence-electron chi connectivity index (χ3n) is 3.89. The summed E-state index contributed by atoms with van der Waals surface area (Å²) in [5, 5.41) is 0. The molecule has 0 aromatic rings. The summed E-state index contributed by atoms with van der Waals surface area (Å²) in [6.07, 6.45) is 17.0. The highest BCUT2D eigenvalue weighted by Crippen LogP contribution is 2.36. The first-order valence-electron chi connectivity index (χ1n) is 7.72. The highest BCUT2D eigenvalue weighted by atomic mass is 14.3. The van der Waals surface area contributed by atoms with E-state index in [0.717, 1.165) is 5.92 Å². The zero-order valence-corrected chi connectivity index (χ0v) is 12.1. The molecule has 0 saturated heterocycles. The Morgan fingerprint density at radius 2 is 1.24 bits per heavy atom. The highest BCUT2D eigenvalue weighted by molar-refractivity contribution is 5.34. The molecular weight excluding hydrogens is 204 g/mol. The Bertz CT molecular complexity index is 233. The highest BCUT2D eigenvalue weighted by Gasteiger charge is 2.21. The molecule has 0 unspecified atom stereocenters. The van der Waals surface area contributed by atoms with Crippen LogP contribution in [0.5, 0.6) is 0 Å². The van der Waals surface area contributed by atoms with Crippen molar-refractivity contribution >= 4 is 0 Å². The van der Waals surface area contributed by atoms with Crippen molar-refractivity contribution in [1.29, 1.82) is 0 Å². The summed E-state index contributed by atoms with van der Waals surface area (Å²) in [7, 11) is 0. The molecule has 17 heavy (non-hydrogen) atoms. The Kier molecular flexibility index (Phi) is 7.32. The molecule has 1 rings (SSSR count). The van der Waals surface area contributed by atoms with Crippen LogP contribution in [0.3, 0.4) is 0 Å². The van der Waals surface area contributed by atoms with Crippen LogP contribution in [0, 0.1) is 5.92 Å². The lowest BCUT2D eigenvalue weighted by atomic mass is 9.86. The quantitative estimate of drug-likeness (QED) is 0.456. The molecule has 0 radical (unpaired) electrons. The standard InChI is InChI=1S/C17H30/c1-4-7-10-15-13-14-16(11-8-5-2)17(15)12-9-6-3/h13-14,17H,4-12H2,1-3H3. The number of rotatable bonds is 9. The van der Waals surface area contributed by atoms with Crippen LogP contribution in [0.15, 0.2) is 23.3 Å². The van der Waals surface area contributed by atoms with Gasteiger partial charge in [-0.05, 0) is 32.1 Å². The topological polar surface area (TPSA) is 0 Å². The molecule has 0 bridgehead atoms. The van der Waals surface area contributed by atoms with Crippen LogP contribution in [0.1, 0.15) is 78.6 Å². The van der Waals surface area contributed by atoms with Crippen LogP contribution in [-0.4, -0.2) is 0 Å². The fraction of sp³-hybridized carbons (Fsp3) is 0.765. The van der Waals surface area contributed by atoms with Crippen molar-refractivity contribution in [3.63, 3.8) is 0 Å². The molecule has 0 amide bonds. The average Bonchev–Trinajstić information content (AvgIpc) is 2.73. The molecule has 0 spiro atoms. The maximum atomic E-state index is 2.43. The van der Waals surface area contributed by atoms with E-state index in [1.165, 1.54) is 57.8 Å². The van der Waals surface area contributed by atoms with E-state index in [2.05, 4.69) is 32.9 Å². The van der Waals surface area contributed by atoms with E-state index in [-0.39, 0.29) is 0 Å². The molecule has 0 fully saturated rings. The lowest BCUT2D eigenvalue weighted by molar-refractivity contribution is 0.553. The number of allylic oxidation sites excluding steroid dienone is 4. The molecule has 98 valence electrons. The maximum absolute atomic E-state index is 2.43. The van der Waals surface area contributed by atoms with Crippen LogP contribution in [0.2, 0.25) is 0 Å². The predicted molar refractivity (Wildman–Crippen MR) is 78.2 cm³/mol. The summed E-state index contributed by atoms with van der Waals surface area (Å²) in [4.78, 5) is 0. The second kappa shape index (κ2) is 8.55. The van der Waals surface area contributed by atoms with Gasteiger partial charge in [-0.3, -0.25) is 0 Å². The minimum atomic E-state index is 0.813. The molecule has 0 nitrogen and oxygen atoms in total. The Balaban J connectivity index is 2.50. The smallest absolute Gasteiger partial charge is 0.00132 e. The molecule has 0 heteroatoms. The van der Waals surface area contributed by atoms with Crippen molar-refractivity contribution in [3.05, 3.63) is 23.3 Å². The average molecular weight is 234 g/mol. The fourth-order valence-electron chi connectivity index (χ4n) is 2.74. The third kappa shape index (κ3) is 4.69. The molecule has 1 aliphatic rings. The zero-order valence-electron chi connectivity index (χ0n) is 12.1. The summed E-state index contributed by atoms with van der Waals surface area (Å²) >= 11 is 0. The number of unbranched alkanes of at least 4 members (excludes halogenated alkanes) is 3. The number of hydrogen-bond acceptors (Lipinski definition) is 0. The van der Waals surface area contributed by atoms with Crippen LogP contribution >= 0.6 is 0 Å². The van der Waals surface area contributed by atoms with E-state index in [1.54, 1.807) is 11.1 Å². The van der Waals surface area contributed by atoms with E-state index in [9.17, 15) is 0 Å². The van der Waals surface area contributed by atoms with Crippen LogP contribution in [0.25, 0.3) is 0 Å². The van der Waals surface area contributed by atoms with E-state index in [1.807, 2.05) is 0 Å². The Labute approximate surface area is 108 Å². The first kappa shape index (κ1) is 14.5. The van der Waals surface area contributed by atoms with E-state index in [0.29, 0.717) is 0 Å². The summed E-state index contributed by atoms with van der Waals surface area (Å²) in [6, 6.07) is 0. The van der Waals surface area contributed by atoms with Crippen LogP contribution < -0.4 is 0 Å². The van der Waals surface area contributed by atoms with Gasteiger partial charge >= 0.3 is 0 Å². The number of hydrogen-bond donors (Lipinski definition) is 0. The van der Waals surface area contributed by atoms with Gasteiger partial charge in [0.15, 0.2) is 0 Å². The Morgan fingerprint density at radius 3 is 1.65 bits per heavy atom. The van der Waals surface area contributed by atoms with Crippen molar-refractivity contribution in [1.82, 2.24) is 0 Å². The van der Waals surface area contributed by atoms with Crippen molar-refractivity contribution in [3.8, 4) is 0 Å². The summed E-state index contributed by atoms with van der Waals surface area (Å²) < 4.78 is 0. The van der Waals surface area contributed by atoms with Crippen LogP contribution in [0.4, 0.5) is 0 Å². The fourth-order valence-corrected chi connectivity index (χ4v) is 2.74. The van der Waals surface area contributed by atoms with Crippen molar-refractivity contribution in [2.24, 2.45) is 5.92 Å². The molecule has 0 aliphatic heterocycles. The second-order valence-electron chi connectivity index (χ2n) is 5.39. The third-order valence-corrected chi connectivity index (χ3v) is 3.89. The van der Waals surface area contributed by atoms with Crippen molar-refractivity contribution < 1.29 is 0 Å². The van der Waals surface area contributed by atoms with Gasteiger partial charge in [0, 0.05) is 5.92 Å². The van der Waals surface area contributed by atoms with Gasteiger partial charge in [0.25, 0.3) is 0 Å². The SMILES string of the molecule is CCCCC1=CC=C(CCCC)C1CCCC. The molecule has 1 aliphatic carbocycles. The van der Waals surface area contributed by atoms with Crippen LogP contribution in [-0.2, 0) is 0 Å². The van der Waals surface area contributed by atoms with Gasteiger partial charge in [-0.15, -0.1) is 0 Å². The second-order valence-corrected chi connectivity index (χ2v) is 5.39.